The number of H-pyrrole nitrogens is 1. The Morgan fingerprint density at radius 3 is 2.68 bits per heavy atom. The van der Waals surface area contributed by atoms with Gasteiger partial charge in [0.2, 0.25) is 5.91 Å². The van der Waals surface area contributed by atoms with Gasteiger partial charge in [0, 0.05) is 19.1 Å². The average Bonchev–Trinajstić information content (AvgIpc) is 3.17. The van der Waals surface area contributed by atoms with E-state index in [1.807, 2.05) is 29.2 Å². The number of nitrogens with zero attached hydrogens (tertiary/aromatic N) is 3. The fourth-order valence-electron chi connectivity index (χ4n) is 4.30. The molecule has 1 aromatic heterocycles. The summed E-state index contributed by atoms with van der Waals surface area (Å²) < 4.78 is 1.56. The summed E-state index contributed by atoms with van der Waals surface area (Å²) in [5.41, 5.74) is 1.37. The molecule has 1 aromatic carbocycles. The quantitative estimate of drug-likeness (QED) is 0.925. The van der Waals surface area contributed by atoms with E-state index in [2.05, 4.69) is 9.88 Å². The standard InChI is InChI=1S/C19H26N4O2/c24-18(14-23-17-8-2-1-7-16(17)20-19(23)25)22-12-5-6-15(9-13-22)21-10-3-4-11-21/h1-2,7-8,15H,3-6,9-14H2,(H,20,25). The van der Waals surface area contributed by atoms with Crippen LogP contribution in [0.15, 0.2) is 29.1 Å². The molecule has 2 aliphatic rings. The van der Waals surface area contributed by atoms with Crippen LogP contribution >= 0.6 is 0 Å². The van der Waals surface area contributed by atoms with Crippen LogP contribution in [-0.4, -0.2) is 57.5 Å². The number of amides is 1. The van der Waals surface area contributed by atoms with Gasteiger partial charge in [-0.05, 0) is 57.3 Å². The lowest BCUT2D eigenvalue weighted by Gasteiger charge is -2.26. The third-order valence-electron chi connectivity index (χ3n) is 5.68. The van der Waals surface area contributed by atoms with Crippen LogP contribution in [-0.2, 0) is 11.3 Å². The highest BCUT2D eigenvalue weighted by atomic mass is 16.2. The van der Waals surface area contributed by atoms with Gasteiger partial charge in [-0.2, -0.15) is 0 Å². The smallest absolute Gasteiger partial charge is 0.326 e. The van der Waals surface area contributed by atoms with Crippen LogP contribution in [0.25, 0.3) is 11.0 Å². The predicted molar refractivity (Wildman–Crippen MR) is 97.6 cm³/mol. The zero-order chi connectivity index (χ0) is 17.2. The van der Waals surface area contributed by atoms with Crippen molar-refractivity contribution in [2.75, 3.05) is 26.2 Å². The first-order valence-electron chi connectivity index (χ1n) is 9.42. The van der Waals surface area contributed by atoms with Gasteiger partial charge in [0.1, 0.15) is 6.54 Å². The molecule has 0 aliphatic carbocycles. The Bertz CT molecular complexity index is 803. The number of fused-ring (bicyclic) bond motifs is 1. The molecule has 2 fully saturated rings. The van der Waals surface area contributed by atoms with E-state index in [0.29, 0.717) is 6.04 Å². The summed E-state index contributed by atoms with van der Waals surface area (Å²) in [5.74, 6) is 0.0499. The zero-order valence-electron chi connectivity index (χ0n) is 14.6. The van der Waals surface area contributed by atoms with Crippen molar-refractivity contribution in [3.63, 3.8) is 0 Å². The van der Waals surface area contributed by atoms with Crippen LogP contribution in [0.3, 0.4) is 0 Å². The van der Waals surface area contributed by atoms with Crippen molar-refractivity contribution in [2.24, 2.45) is 0 Å². The highest BCUT2D eigenvalue weighted by Crippen LogP contribution is 2.21. The molecule has 0 radical (unpaired) electrons. The van der Waals surface area contributed by atoms with E-state index in [0.717, 1.165) is 37.0 Å². The molecule has 4 rings (SSSR count). The number of hydrogen-bond acceptors (Lipinski definition) is 3. The molecule has 6 heteroatoms. The van der Waals surface area contributed by atoms with Gasteiger partial charge in [0.05, 0.1) is 11.0 Å². The lowest BCUT2D eigenvalue weighted by atomic mass is 10.1. The third-order valence-corrected chi connectivity index (χ3v) is 5.68. The Hall–Kier alpha value is -2.08. The molecule has 1 amide bonds. The average molecular weight is 342 g/mol. The summed E-state index contributed by atoms with van der Waals surface area (Å²) in [4.78, 5) is 32.3. The van der Waals surface area contributed by atoms with E-state index >= 15 is 0 Å². The SMILES string of the molecule is O=C(Cn1c(=O)[nH]c2ccccc21)N1CCCC(N2CCCC2)CC1. The maximum absolute atomic E-state index is 12.8. The minimum absolute atomic E-state index is 0.0499. The second-order valence-electron chi connectivity index (χ2n) is 7.24. The van der Waals surface area contributed by atoms with Gasteiger partial charge in [-0.15, -0.1) is 0 Å². The molecule has 1 atom stereocenters. The first-order chi connectivity index (χ1) is 12.2. The number of rotatable bonds is 3. The Balaban J connectivity index is 1.44. The van der Waals surface area contributed by atoms with Gasteiger partial charge in [-0.1, -0.05) is 12.1 Å². The van der Waals surface area contributed by atoms with Crippen LogP contribution in [0.5, 0.6) is 0 Å². The second kappa shape index (κ2) is 7.04. The molecular weight excluding hydrogens is 316 g/mol. The van der Waals surface area contributed by atoms with Gasteiger partial charge in [-0.25, -0.2) is 4.79 Å². The summed E-state index contributed by atoms with van der Waals surface area (Å²) >= 11 is 0. The summed E-state index contributed by atoms with van der Waals surface area (Å²) in [6.45, 7) is 4.15. The van der Waals surface area contributed by atoms with Crippen LogP contribution in [0.4, 0.5) is 0 Å². The van der Waals surface area contributed by atoms with Crippen molar-refractivity contribution >= 4 is 16.9 Å². The van der Waals surface area contributed by atoms with E-state index in [1.54, 1.807) is 4.57 Å². The number of benzene rings is 1. The van der Waals surface area contributed by atoms with E-state index in [4.69, 9.17) is 0 Å². The largest absolute Gasteiger partial charge is 0.341 e. The third kappa shape index (κ3) is 3.35. The van der Waals surface area contributed by atoms with Crippen molar-refractivity contribution in [3.05, 3.63) is 34.7 Å². The van der Waals surface area contributed by atoms with Crippen LogP contribution in [0.2, 0.25) is 0 Å². The normalized spacial score (nSPS) is 22.4. The summed E-state index contributed by atoms with van der Waals surface area (Å²) in [5, 5.41) is 0. The molecular formula is C19H26N4O2. The fourth-order valence-corrected chi connectivity index (χ4v) is 4.30. The van der Waals surface area contributed by atoms with Crippen molar-refractivity contribution in [1.29, 1.82) is 0 Å². The number of aromatic amines is 1. The van der Waals surface area contributed by atoms with Crippen LogP contribution < -0.4 is 5.69 Å². The number of para-hydroxylation sites is 2. The van der Waals surface area contributed by atoms with E-state index in [9.17, 15) is 9.59 Å². The lowest BCUT2D eigenvalue weighted by Crippen LogP contribution is -2.38. The number of imidazole rings is 1. The summed E-state index contributed by atoms with van der Waals surface area (Å²) in [7, 11) is 0. The molecule has 3 heterocycles. The van der Waals surface area contributed by atoms with E-state index in [-0.39, 0.29) is 18.1 Å². The molecule has 0 saturated carbocycles. The highest BCUT2D eigenvalue weighted by Gasteiger charge is 2.26. The van der Waals surface area contributed by atoms with Crippen molar-refractivity contribution in [2.45, 2.75) is 44.7 Å². The minimum Gasteiger partial charge on any atom is -0.341 e. The zero-order valence-corrected chi connectivity index (χ0v) is 14.6. The lowest BCUT2D eigenvalue weighted by molar-refractivity contribution is -0.131. The molecule has 1 unspecified atom stereocenters. The van der Waals surface area contributed by atoms with E-state index < -0.39 is 0 Å². The minimum atomic E-state index is -0.209. The molecule has 25 heavy (non-hydrogen) atoms. The van der Waals surface area contributed by atoms with Crippen LogP contribution in [0, 0.1) is 0 Å². The van der Waals surface area contributed by atoms with Crippen molar-refractivity contribution in [1.82, 2.24) is 19.4 Å². The van der Waals surface area contributed by atoms with Gasteiger partial charge in [-0.3, -0.25) is 9.36 Å². The van der Waals surface area contributed by atoms with E-state index in [1.165, 1.54) is 32.4 Å². The molecule has 134 valence electrons. The maximum atomic E-state index is 12.8. The Kier molecular flexibility index (Phi) is 4.61. The molecule has 2 aliphatic heterocycles. The molecule has 2 saturated heterocycles. The van der Waals surface area contributed by atoms with Gasteiger partial charge >= 0.3 is 5.69 Å². The number of aromatic nitrogens is 2. The maximum Gasteiger partial charge on any atom is 0.326 e. The fraction of sp³-hybridized carbons (Fsp3) is 0.579. The molecule has 6 nitrogen and oxygen atoms in total. The van der Waals surface area contributed by atoms with Crippen LogP contribution in [0.1, 0.15) is 32.1 Å². The Morgan fingerprint density at radius 1 is 1.04 bits per heavy atom. The molecule has 1 N–H and O–H groups in total. The predicted octanol–water partition coefficient (Wildman–Crippen LogP) is 1.81. The van der Waals surface area contributed by atoms with Gasteiger partial charge < -0.3 is 14.8 Å². The molecule has 0 spiro atoms. The van der Waals surface area contributed by atoms with Gasteiger partial charge in [0.15, 0.2) is 0 Å². The summed E-state index contributed by atoms with van der Waals surface area (Å²) in [6.07, 6.45) is 5.90. The number of likely N-dealkylation sites (tertiary alicyclic amines) is 2. The topological polar surface area (TPSA) is 61.3 Å². The monoisotopic (exact) mass is 342 g/mol. The summed E-state index contributed by atoms with van der Waals surface area (Å²) in [6, 6.07) is 8.15. The number of carbonyl (C=O) groups excluding carboxylic acids is 1. The number of hydrogen-bond donors (Lipinski definition) is 1. The Morgan fingerprint density at radius 2 is 1.84 bits per heavy atom. The second-order valence-corrected chi connectivity index (χ2v) is 7.24. The first kappa shape index (κ1) is 16.4. The highest BCUT2D eigenvalue weighted by molar-refractivity contribution is 5.80. The number of carbonyl (C=O) groups is 1. The van der Waals surface area contributed by atoms with Crippen molar-refractivity contribution in [3.8, 4) is 0 Å². The Labute approximate surface area is 147 Å². The van der Waals surface area contributed by atoms with Crippen molar-refractivity contribution < 1.29 is 4.79 Å². The molecule has 2 aromatic rings. The van der Waals surface area contributed by atoms with Gasteiger partial charge in [0.25, 0.3) is 0 Å². The first-order valence-corrected chi connectivity index (χ1v) is 9.42. The number of nitrogens with one attached hydrogen (secondary N) is 1. The molecule has 0 bridgehead atoms.